The maximum atomic E-state index is 12.1. The smallest absolute Gasteiger partial charge is 0.234 e. The fraction of sp³-hybridized carbons (Fsp3) is 0.0556. The molecule has 0 bridgehead atoms. The maximum Gasteiger partial charge on any atom is 0.234 e. The van der Waals surface area contributed by atoms with Crippen LogP contribution in [0.1, 0.15) is 0 Å². The second kappa shape index (κ2) is 7.85. The molecular weight excluding hydrogens is 326 g/mol. The van der Waals surface area contributed by atoms with Crippen LogP contribution in [0.3, 0.4) is 0 Å². The van der Waals surface area contributed by atoms with Crippen molar-refractivity contribution in [1.82, 2.24) is 0 Å². The number of hydrogen-bond acceptors (Lipinski definition) is 4. The molecule has 1 N–H and O–H groups in total. The number of thiophene rings is 1. The molecule has 2 aromatic carbocycles. The number of benzene rings is 2. The summed E-state index contributed by atoms with van der Waals surface area (Å²) < 4.78 is 6.97. The molecule has 0 aliphatic heterocycles. The summed E-state index contributed by atoms with van der Waals surface area (Å²) in [5.74, 6) is 1.70. The van der Waals surface area contributed by atoms with Gasteiger partial charge in [0, 0.05) is 0 Å². The lowest BCUT2D eigenvalue weighted by Crippen LogP contribution is -2.14. The molecule has 3 aromatic rings. The van der Waals surface area contributed by atoms with E-state index in [1.54, 1.807) is 11.3 Å². The molecule has 3 nitrogen and oxygen atoms in total. The number of carbonyl (C=O) groups excluding carboxylic acids is 1. The normalized spacial score (nSPS) is 10.3. The number of anilines is 1. The molecule has 0 radical (unpaired) electrons. The van der Waals surface area contributed by atoms with Crippen molar-refractivity contribution in [2.24, 2.45) is 0 Å². The van der Waals surface area contributed by atoms with Gasteiger partial charge in [-0.1, -0.05) is 36.4 Å². The van der Waals surface area contributed by atoms with Crippen molar-refractivity contribution >= 4 is 34.7 Å². The Morgan fingerprint density at radius 2 is 1.78 bits per heavy atom. The summed E-state index contributed by atoms with van der Waals surface area (Å²) in [4.78, 5) is 12.1. The molecule has 0 atom stereocenters. The van der Waals surface area contributed by atoms with Crippen molar-refractivity contribution < 1.29 is 9.53 Å². The molecule has 0 aliphatic carbocycles. The molecule has 0 fully saturated rings. The van der Waals surface area contributed by atoms with E-state index in [0.29, 0.717) is 17.2 Å². The minimum Gasteiger partial charge on any atom is -0.455 e. The number of thioether (sulfide) groups is 1. The van der Waals surface area contributed by atoms with Crippen molar-refractivity contribution in [2.75, 3.05) is 11.1 Å². The zero-order valence-electron chi connectivity index (χ0n) is 12.3. The van der Waals surface area contributed by atoms with E-state index in [0.717, 1.165) is 9.96 Å². The van der Waals surface area contributed by atoms with Crippen LogP contribution in [0, 0.1) is 0 Å². The van der Waals surface area contributed by atoms with Gasteiger partial charge in [0.1, 0.15) is 5.75 Å². The third-order valence-corrected chi connectivity index (χ3v) is 5.10. The molecule has 0 unspecified atom stereocenters. The zero-order valence-corrected chi connectivity index (χ0v) is 13.9. The first-order valence-corrected chi connectivity index (χ1v) is 8.96. The van der Waals surface area contributed by atoms with Crippen molar-refractivity contribution in [3.63, 3.8) is 0 Å². The molecule has 5 heteroatoms. The average molecular weight is 341 g/mol. The highest BCUT2D eigenvalue weighted by molar-refractivity contribution is 8.01. The Morgan fingerprint density at radius 3 is 2.57 bits per heavy atom. The first-order chi connectivity index (χ1) is 11.3. The van der Waals surface area contributed by atoms with Gasteiger partial charge in [0.05, 0.1) is 15.6 Å². The largest absolute Gasteiger partial charge is 0.455 e. The van der Waals surface area contributed by atoms with Gasteiger partial charge >= 0.3 is 0 Å². The Labute approximate surface area is 143 Å². The van der Waals surface area contributed by atoms with Gasteiger partial charge in [-0.25, -0.2) is 0 Å². The fourth-order valence-corrected chi connectivity index (χ4v) is 3.53. The Bertz CT molecular complexity index is 758. The van der Waals surface area contributed by atoms with Gasteiger partial charge in [0.15, 0.2) is 5.75 Å². The predicted molar refractivity (Wildman–Crippen MR) is 96.6 cm³/mol. The summed E-state index contributed by atoms with van der Waals surface area (Å²) in [6.07, 6.45) is 0. The first kappa shape index (κ1) is 15.6. The third-order valence-electron chi connectivity index (χ3n) is 2.97. The van der Waals surface area contributed by atoms with Crippen LogP contribution >= 0.6 is 23.1 Å². The topological polar surface area (TPSA) is 38.3 Å². The molecule has 3 rings (SSSR count). The van der Waals surface area contributed by atoms with Crippen LogP contribution in [0.5, 0.6) is 11.5 Å². The average Bonchev–Trinajstić information content (AvgIpc) is 3.09. The van der Waals surface area contributed by atoms with E-state index in [1.165, 1.54) is 11.8 Å². The van der Waals surface area contributed by atoms with Gasteiger partial charge in [0.25, 0.3) is 0 Å². The number of para-hydroxylation sites is 3. The van der Waals surface area contributed by atoms with Gasteiger partial charge < -0.3 is 10.1 Å². The summed E-state index contributed by atoms with van der Waals surface area (Å²) in [5, 5.41) is 4.92. The fourth-order valence-electron chi connectivity index (χ4n) is 1.94. The van der Waals surface area contributed by atoms with Gasteiger partial charge in [0.2, 0.25) is 5.91 Å². The molecule has 0 aliphatic rings. The van der Waals surface area contributed by atoms with E-state index in [-0.39, 0.29) is 5.91 Å². The molecule has 1 amide bonds. The van der Waals surface area contributed by atoms with Gasteiger partial charge in [-0.15, -0.1) is 23.1 Å². The maximum absolute atomic E-state index is 12.1. The third kappa shape index (κ3) is 4.61. The van der Waals surface area contributed by atoms with E-state index in [2.05, 4.69) is 5.32 Å². The molecule has 0 saturated heterocycles. The molecule has 23 heavy (non-hydrogen) atoms. The second-order valence-electron chi connectivity index (χ2n) is 4.68. The molecular formula is C18H15NO2S2. The number of carbonyl (C=O) groups is 1. The van der Waals surface area contributed by atoms with Crippen LogP contribution in [0.25, 0.3) is 0 Å². The number of amides is 1. The van der Waals surface area contributed by atoms with Crippen LogP contribution in [-0.4, -0.2) is 11.7 Å². The Morgan fingerprint density at radius 1 is 1.00 bits per heavy atom. The highest BCUT2D eigenvalue weighted by atomic mass is 32.2. The van der Waals surface area contributed by atoms with Crippen LogP contribution < -0.4 is 10.1 Å². The summed E-state index contributed by atoms with van der Waals surface area (Å²) in [7, 11) is 0. The molecule has 0 saturated carbocycles. The number of rotatable bonds is 6. The van der Waals surface area contributed by atoms with E-state index < -0.39 is 0 Å². The number of nitrogens with one attached hydrogen (secondary N) is 1. The van der Waals surface area contributed by atoms with Gasteiger partial charge in [-0.05, 0) is 35.7 Å². The molecule has 0 spiro atoms. The van der Waals surface area contributed by atoms with Crippen LogP contribution in [-0.2, 0) is 4.79 Å². The van der Waals surface area contributed by atoms with Crippen molar-refractivity contribution in [3.8, 4) is 11.5 Å². The first-order valence-electron chi connectivity index (χ1n) is 7.09. The van der Waals surface area contributed by atoms with E-state index in [1.807, 2.05) is 72.1 Å². The minimum atomic E-state index is -0.0486. The van der Waals surface area contributed by atoms with Crippen LogP contribution in [0.4, 0.5) is 5.69 Å². The monoisotopic (exact) mass is 341 g/mol. The van der Waals surface area contributed by atoms with E-state index in [9.17, 15) is 4.79 Å². The summed E-state index contributed by atoms with van der Waals surface area (Å²) in [5.41, 5.74) is 0.674. The van der Waals surface area contributed by atoms with Crippen LogP contribution in [0.2, 0.25) is 0 Å². The Hall–Kier alpha value is -2.24. The Balaban J connectivity index is 1.64. The molecule has 1 heterocycles. The van der Waals surface area contributed by atoms with E-state index >= 15 is 0 Å². The second-order valence-corrected chi connectivity index (χ2v) is 6.90. The highest BCUT2D eigenvalue weighted by Gasteiger charge is 2.09. The number of hydrogen-bond donors (Lipinski definition) is 1. The lowest BCUT2D eigenvalue weighted by atomic mass is 10.3. The van der Waals surface area contributed by atoms with Gasteiger partial charge in [-0.3, -0.25) is 4.79 Å². The standard InChI is InChI=1S/C18H15NO2S2/c20-17(13-23-18-11-6-12-22-18)19-15-9-4-5-10-16(15)21-14-7-2-1-3-8-14/h1-12H,13H2,(H,19,20). The minimum absolute atomic E-state index is 0.0486. The molecule has 1 aromatic heterocycles. The number of ether oxygens (including phenoxy) is 1. The lowest BCUT2D eigenvalue weighted by molar-refractivity contribution is -0.113. The predicted octanol–water partition coefficient (Wildman–Crippen LogP) is 5.27. The summed E-state index contributed by atoms with van der Waals surface area (Å²) in [6.45, 7) is 0. The quantitative estimate of drug-likeness (QED) is 0.621. The van der Waals surface area contributed by atoms with E-state index in [4.69, 9.17) is 4.74 Å². The van der Waals surface area contributed by atoms with Crippen molar-refractivity contribution in [2.45, 2.75) is 4.21 Å². The summed E-state index contributed by atoms with van der Waals surface area (Å²) in [6, 6.07) is 20.9. The molecule has 116 valence electrons. The van der Waals surface area contributed by atoms with Crippen LogP contribution in [0.15, 0.2) is 76.3 Å². The van der Waals surface area contributed by atoms with Crippen molar-refractivity contribution in [1.29, 1.82) is 0 Å². The lowest BCUT2D eigenvalue weighted by Gasteiger charge is -2.12. The van der Waals surface area contributed by atoms with Gasteiger partial charge in [-0.2, -0.15) is 0 Å². The summed E-state index contributed by atoms with van der Waals surface area (Å²) >= 11 is 3.16. The zero-order chi connectivity index (χ0) is 15.9. The SMILES string of the molecule is O=C(CSc1cccs1)Nc1ccccc1Oc1ccccc1. The highest BCUT2D eigenvalue weighted by Crippen LogP contribution is 2.29. The Kier molecular flexibility index (Phi) is 5.34. The van der Waals surface area contributed by atoms with Crippen molar-refractivity contribution in [3.05, 3.63) is 72.1 Å².